The molecule has 0 fully saturated rings. The van der Waals surface area contributed by atoms with Gasteiger partial charge in [0.2, 0.25) is 0 Å². The van der Waals surface area contributed by atoms with Crippen molar-refractivity contribution in [2.75, 3.05) is 6.61 Å². The number of aliphatic hydroxyl groups is 1. The molecule has 0 bridgehead atoms. The molecule has 1 aromatic heterocycles. The van der Waals surface area contributed by atoms with E-state index in [9.17, 15) is 0 Å². The summed E-state index contributed by atoms with van der Waals surface area (Å²) in [6.07, 6.45) is 3.59. The van der Waals surface area contributed by atoms with E-state index in [2.05, 4.69) is 0 Å². The molecule has 0 unspecified atom stereocenters. The van der Waals surface area contributed by atoms with Crippen molar-refractivity contribution in [2.45, 2.75) is 18.9 Å². The Morgan fingerprint density at radius 3 is 2.77 bits per heavy atom. The van der Waals surface area contributed by atoms with Crippen molar-refractivity contribution in [3.8, 4) is 0 Å². The topological polar surface area (TPSA) is 51.2 Å². The minimum absolute atomic E-state index is 0. The molecule has 3 N–H and O–H groups in total. The Bertz CT molecular complexity index is 237. The summed E-state index contributed by atoms with van der Waals surface area (Å²) in [5.41, 5.74) is 7.02. The molecule has 0 aromatic carbocycles. The van der Waals surface area contributed by atoms with Gasteiger partial charge in [0.05, 0.1) is 0 Å². The maximum absolute atomic E-state index is 8.62. The standard InChI is InChI=1S/C9H16N2O.ClH/c1-11-6-2-5-9(11)8(10)4-3-7-12;/h2,5-6,8,12H,3-4,7,10H2,1H3;1H/t8-;/m0./s1. The summed E-state index contributed by atoms with van der Waals surface area (Å²) in [5, 5.41) is 8.62. The Morgan fingerprint density at radius 2 is 2.31 bits per heavy atom. The zero-order valence-corrected chi connectivity index (χ0v) is 8.63. The molecule has 0 radical (unpaired) electrons. The molecule has 13 heavy (non-hydrogen) atoms. The molecule has 0 spiro atoms. The molecule has 1 atom stereocenters. The zero-order valence-electron chi connectivity index (χ0n) is 7.81. The van der Waals surface area contributed by atoms with Crippen LogP contribution in [0.4, 0.5) is 0 Å². The second-order valence-corrected chi connectivity index (χ2v) is 3.02. The fourth-order valence-electron chi connectivity index (χ4n) is 1.32. The summed E-state index contributed by atoms with van der Waals surface area (Å²) in [4.78, 5) is 0. The van der Waals surface area contributed by atoms with Gasteiger partial charge in [0.1, 0.15) is 0 Å². The van der Waals surface area contributed by atoms with Crippen molar-refractivity contribution in [3.05, 3.63) is 24.0 Å². The van der Waals surface area contributed by atoms with Crippen LogP contribution in [0, 0.1) is 0 Å². The van der Waals surface area contributed by atoms with Crippen molar-refractivity contribution in [3.63, 3.8) is 0 Å². The van der Waals surface area contributed by atoms with E-state index in [0.717, 1.165) is 18.5 Å². The minimum atomic E-state index is 0. The number of halogens is 1. The van der Waals surface area contributed by atoms with Gasteiger partial charge in [-0.05, 0) is 25.0 Å². The van der Waals surface area contributed by atoms with Gasteiger partial charge in [-0.3, -0.25) is 0 Å². The first-order chi connectivity index (χ1) is 5.75. The van der Waals surface area contributed by atoms with Gasteiger partial charge in [-0.2, -0.15) is 0 Å². The molecule has 1 heterocycles. The third-order valence-electron chi connectivity index (χ3n) is 2.04. The average Bonchev–Trinajstić information content (AvgIpc) is 2.47. The quantitative estimate of drug-likeness (QED) is 0.775. The fourth-order valence-corrected chi connectivity index (χ4v) is 1.32. The third kappa shape index (κ3) is 3.38. The Balaban J connectivity index is 0.00000144. The first-order valence-corrected chi connectivity index (χ1v) is 4.23. The molecule has 76 valence electrons. The van der Waals surface area contributed by atoms with Crippen LogP contribution in [0.2, 0.25) is 0 Å². The highest BCUT2D eigenvalue weighted by Crippen LogP contribution is 2.14. The van der Waals surface area contributed by atoms with Crippen LogP contribution in [0.25, 0.3) is 0 Å². The van der Waals surface area contributed by atoms with Gasteiger partial charge in [-0.25, -0.2) is 0 Å². The maximum atomic E-state index is 8.62. The second-order valence-electron chi connectivity index (χ2n) is 3.02. The Morgan fingerprint density at radius 1 is 1.62 bits per heavy atom. The van der Waals surface area contributed by atoms with Gasteiger partial charge in [0, 0.05) is 31.6 Å². The van der Waals surface area contributed by atoms with Crippen molar-refractivity contribution >= 4 is 12.4 Å². The van der Waals surface area contributed by atoms with E-state index >= 15 is 0 Å². The normalized spacial score (nSPS) is 12.2. The third-order valence-corrected chi connectivity index (χ3v) is 2.04. The van der Waals surface area contributed by atoms with Crippen LogP contribution >= 0.6 is 12.4 Å². The smallest absolute Gasteiger partial charge is 0.0450 e. The molecule has 1 rings (SSSR count). The molecule has 0 aliphatic carbocycles. The summed E-state index contributed by atoms with van der Waals surface area (Å²) in [6.45, 7) is 0.220. The molecule has 0 aliphatic heterocycles. The molecule has 0 saturated carbocycles. The van der Waals surface area contributed by atoms with E-state index in [1.807, 2.05) is 29.9 Å². The van der Waals surface area contributed by atoms with E-state index in [4.69, 9.17) is 10.8 Å². The lowest BCUT2D eigenvalue weighted by molar-refractivity contribution is 0.279. The van der Waals surface area contributed by atoms with Crippen LogP contribution in [0.3, 0.4) is 0 Å². The van der Waals surface area contributed by atoms with E-state index in [1.165, 1.54) is 0 Å². The van der Waals surface area contributed by atoms with E-state index in [0.29, 0.717) is 0 Å². The van der Waals surface area contributed by atoms with Crippen molar-refractivity contribution < 1.29 is 5.11 Å². The first kappa shape index (κ1) is 12.5. The van der Waals surface area contributed by atoms with Crippen LogP contribution in [-0.4, -0.2) is 16.3 Å². The Labute approximate surface area is 85.0 Å². The highest BCUT2D eigenvalue weighted by atomic mass is 35.5. The van der Waals surface area contributed by atoms with Crippen LogP contribution in [0.1, 0.15) is 24.6 Å². The summed E-state index contributed by atoms with van der Waals surface area (Å²) >= 11 is 0. The number of nitrogens with two attached hydrogens (primary N) is 1. The number of nitrogens with zero attached hydrogens (tertiary/aromatic N) is 1. The maximum Gasteiger partial charge on any atom is 0.0450 e. The summed E-state index contributed by atoms with van der Waals surface area (Å²) in [6, 6.07) is 4.05. The molecular weight excluding hydrogens is 188 g/mol. The van der Waals surface area contributed by atoms with Gasteiger partial charge < -0.3 is 15.4 Å². The number of hydrogen-bond acceptors (Lipinski definition) is 2. The van der Waals surface area contributed by atoms with Gasteiger partial charge in [0.25, 0.3) is 0 Å². The van der Waals surface area contributed by atoms with Crippen LogP contribution in [0.15, 0.2) is 18.3 Å². The number of hydrogen-bond donors (Lipinski definition) is 2. The van der Waals surface area contributed by atoms with E-state index < -0.39 is 0 Å². The Hall–Kier alpha value is -0.510. The number of aliphatic hydroxyl groups excluding tert-OH is 1. The molecular formula is C9H17ClN2O. The van der Waals surface area contributed by atoms with Crippen molar-refractivity contribution in [2.24, 2.45) is 12.8 Å². The lowest BCUT2D eigenvalue weighted by Crippen LogP contribution is -2.14. The number of aromatic nitrogens is 1. The van der Waals surface area contributed by atoms with E-state index in [1.54, 1.807) is 0 Å². The van der Waals surface area contributed by atoms with Gasteiger partial charge in [0.15, 0.2) is 0 Å². The lowest BCUT2D eigenvalue weighted by atomic mass is 10.1. The SMILES string of the molecule is Cl.Cn1cccc1[C@@H](N)CCCO. The highest BCUT2D eigenvalue weighted by molar-refractivity contribution is 5.85. The van der Waals surface area contributed by atoms with Crippen molar-refractivity contribution in [1.29, 1.82) is 0 Å². The first-order valence-electron chi connectivity index (χ1n) is 4.23. The predicted octanol–water partition coefficient (Wildman–Crippen LogP) is 1.22. The summed E-state index contributed by atoms with van der Waals surface area (Å²) < 4.78 is 2.02. The summed E-state index contributed by atoms with van der Waals surface area (Å²) in [5.74, 6) is 0. The lowest BCUT2D eigenvalue weighted by Gasteiger charge is -2.11. The van der Waals surface area contributed by atoms with Crippen LogP contribution in [-0.2, 0) is 7.05 Å². The van der Waals surface area contributed by atoms with Gasteiger partial charge in [-0.1, -0.05) is 0 Å². The molecule has 0 aliphatic rings. The zero-order chi connectivity index (χ0) is 8.97. The van der Waals surface area contributed by atoms with Crippen LogP contribution < -0.4 is 5.73 Å². The largest absolute Gasteiger partial charge is 0.396 e. The van der Waals surface area contributed by atoms with Crippen molar-refractivity contribution in [1.82, 2.24) is 4.57 Å². The molecule has 3 nitrogen and oxygen atoms in total. The monoisotopic (exact) mass is 204 g/mol. The molecule has 0 amide bonds. The predicted molar refractivity (Wildman–Crippen MR) is 55.9 cm³/mol. The average molecular weight is 205 g/mol. The number of aryl methyl sites for hydroxylation is 1. The molecule has 0 saturated heterocycles. The second kappa shape index (κ2) is 6.02. The highest BCUT2D eigenvalue weighted by Gasteiger charge is 2.07. The van der Waals surface area contributed by atoms with Gasteiger partial charge >= 0.3 is 0 Å². The van der Waals surface area contributed by atoms with Gasteiger partial charge in [-0.15, -0.1) is 12.4 Å². The number of rotatable bonds is 4. The fraction of sp³-hybridized carbons (Fsp3) is 0.556. The van der Waals surface area contributed by atoms with Crippen LogP contribution in [0.5, 0.6) is 0 Å². The Kier molecular flexibility index (Phi) is 5.79. The van der Waals surface area contributed by atoms with E-state index in [-0.39, 0.29) is 25.1 Å². The molecule has 1 aromatic rings. The minimum Gasteiger partial charge on any atom is -0.396 e. The summed E-state index contributed by atoms with van der Waals surface area (Å²) in [7, 11) is 1.98. The molecule has 4 heteroatoms.